The van der Waals surface area contributed by atoms with Gasteiger partial charge in [0, 0.05) is 0 Å². The van der Waals surface area contributed by atoms with E-state index < -0.39 is 6.17 Å². The molecule has 0 aliphatic carbocycles. The first-order valence-corrected chi connectivity index (χ1v) is 11.2. The van der Waals surface area contributed by atoms with Gasteiger partial charge in [-0.05, 0) is 48.4 Å². The average Bonchev–Trinajstić information content (AvgIpc) is 2.88. The van der Waals surface area contributed by atoms with Crippen LogP contribution in [0.2, 0.25) is 0 Å². The number of para-hydroxylation sites is 2. The second-order valence-corrected chi connectivity index (χ2v) is 7.55. The van der Waals surface area contributed by atoms with E-state index in [0.717, 1.165) is 18.6 Å². The molecule has 178 valence electrons. The number of hydrogen-bond acceptors (Lipinski definition) is 5. The Morgan fingerprint density at radius 2 is 1.26 bits per heavy atom. The van der Waals surface area contributed by atoms with Crippen LogP contribution in [0.1, 0.15) is 52.2 Å². The molecule has 0 radical (unpaired) electrons. The van der Waals surface area contributed by atoms with Crippen LogP contribution in [0.3, 0.4) is 0 Å². The highest BCUT2D eigenvalue weighted by Gasteiger charge is 2.22. The van der Waals surface area contributed by atoms with E-state index in [1.807, 2.05) is 24.3 Å². The van der Waals surface area contributed by atoms with Crippen molar-refractivity contribution in [1.82, 2.24) is 10.6 Å². The first-order valence-electron chi connectivity index (χ1n) is 11.2. The highest BCUT2D eigenvalue weighted by molar-refractivity contribution is 5.99. The summed E-state index contributed by atoms with van der Waals surface area (Å²) in [6.45, 7) is 2.74. The van der Waals surface area contributed by atoms with Crippen LogP contribution in [0.5, 0.6) is 17.2 Å². The molecule has 2 N–H and O–H groups in total. The Kier molecular flexibility index (Phi) is 8.91. The van der Waals surface area contributed by atoms with Gasteiger partial charge in [-0.2, -0.15) is 0 Å². The van der Waals surface area contributed by atoms with Gasteiger partial charge in [-0.15, -0.1) is 0 Å². The van der Waals surface area contributed by atoms with Crippen LogP contribution in [0.25, 0.3) is 0 Å². The fourth-order valence-corrected chi connectivity index (χ4v) is 3.38. The zero-order valence-electron chi connectivity index (χ0n) is 19.7. The molecule has 0 bridgehead atoms. The number of unbranched alkanes of at least 4 members (excludes halogenated alkanes) is 1. The Labute approximate surface area is 200 Å². The zero-order valence-corrected chi connectivity index (χ0v) is 19.7. The van der Waals surface area contributed by atoms with Gasteiger partial charge in [-0.25, -0.2) is 0 Å². The number of hydrogen-bond donors (Lipinski definition) is 2. The summed E-state index contributed by atoms with van der Waals surface area (Å²) < 4.78 is 16.4. The number of nitrogens with one attached hydrogen (secondary N) is 2. The van der Waals surface area contributed by atoms with Gasteiger partial charge in [0.2, 0.25) is 0 Å². The lowest BCUT2D eigenvalue weighted by Gasteiger charge is -2.22. The summed E-state index contributed by atoms with van der Waals surface area (Å²) in [7, 11) is 3.01. The van der Waals surface area contributed by atoms with Crippen LogP contribution in [0, 0.1) is 0 Å². The number of carbonyl (C=O) groups is 2. The minimum Gasteiger partial charge on any atom is -0.496 e. The van der Waals surface area contributed by atoms with Crippen molar-refractivity contribution in [1.29, 1.82) is 0 Å². The molecule has 3 aromatic carbocycles. The van der Waals surface area contributed by atoms with Crippen LogP contribution in [0.4, 0.5) is 0 Å². The minimum absolute atomic E-state index is 0.362. The van der Waals surface area contributed by atoms with E-state index in [9.17, 15) is 9.59 Å². The van der Waals surface area contributed by atoms with Crippen molar-refractivity contribution in [3.05, 3.63) is 89.5 Å². The van der Waals surface area contributed by atoms with Crippen molar-refractivity contribution in [3.63, 3.8) is 0 Å². The average molecular weight is 463 g/mol. The number of carbonyl (C=O) groups excluding carboxylic acids is 2. The van der Waals surface area contributed by atoms with E-state index in [-0.39, 0.29) is 11.8 Å². The van der Waals surface area contributed by atoms with Gasteiger partial charge in [0.25, 0.3) is 11.8 Å². The van der Waals surface area contributed by atoms with E-state index in [2.05, 4.69) is 17.6 Å². The summed E-state index contributed by atoms with van der Waals surface area (Å²) >= 11 is 0. The molecule has 0 heterocycles. The second kappa shape index (κ2) is 12.3. The second-order valence-electron chi connectivity index (χ2n) is 7.55. The molecule has 3 rings (SSSR count). The standard InChI is InChI=1S/C27H30N2O5/c1-4-5-18-34-20-16-14-19(15-17-20)25(28-26(30)21-10-6-8-12-23(21)32-2)29-27(31)22-11-7-9-13-24(22)33-3/h6-17,25H,4-5,18H2,1-3H3,(H,28,30)(H,29,31). The maximum atomic E-state index is 13.1. The Hall–Kier alpha value is -4.00. The molecule has 7 nitrogen and oxygen atoms in total. The maximum absolute atomic E-state index is 13.1. The van der Waals surface area contributed by atoms with E-state index >= 15 is 0 Å². The lowest BCUT2D eigenvalue weighted by atomic mass is 10.1. The Bertz CT molecular complexity index is 1040. The van der Waals surface area contributed by atoms with Crippen LogP contribution in [-0.2, 0) is 0 Å². The van der Waals surface area contributed by atoms with Crippen molar-refractivity contribution in [2.75, 3.05) is 20.8 Å². The normalized spacial score (nSPS) is 10.5. The number of ether oxygens (including phenoxy) is 3. The fourth-order valence-electron chi connectivity index (χ4n) is 3.38. The molecule has 0 fully saturated rings. The van der Waals surface area contributed by atoms with E-state index in [1.165, 1.54) is 14.2 Å². The lowest BCUT2D eigenvalue weighted by Crippen LogP contribution is -2.41. The molecule has 3 aromatic rings. The van der Waals surface area contributed by atoms with Gasteiger partial charge >= 0.3 is 0 Å². The molecule has 0 atom stereocenters. The fraction of sp³-hybridized carbons (Fsp3) is 0.259. The summed E-state index contributed by atoms with van der Waals surface area (Å²) in [5, 5.41) is 5.80. The Balaban J connectivity index is 1.86. The van der Waals surface area contributed by atoms with Gasteiger partial charge in [0.05, 0.1) is 32.0 Å². The van der Waals surface area contributed by atoms with Crippen LogP contribution < -0.4 is 24.8 Å². The van der Waals surface area contributed by atoms with Gasteiger partial charge in [-0.3, -0.25) is 9.59 Å². The van der Waals surface area contributed by atoms with Crippen LogP contribution in [-0.4, -0.2) is 32.6 Å². The predicted molar refractivity (Wildman–Crippen MR) is 131 cm³/mol. The van der Waals surface area contributed by atoms with Crippen molar-refractivity contribution in [2.24, 2.45) is 0 Å². The first-order chi connectivity index (χ1) is 16.6. The zero-order chi connectivity index (χ0) is 24.3. The quantitative estimate of drug-likeness (QED) is 0.318. The third-order valence-corrected chi connectivity index (χ3v) is 5.23. The number of benzene rings is 3. The molecule has 0 saturated carbocycles. The highest BCUT2D eigenvalue weighted by Crippen LogP contribution is 2.22. The Morgan fingerprint density at radius 3 is 1.74 bits per heavy atom. The molecule has 2 amide bonds. The van der Waals surface area contributed by atoms with Crippen LogP contribution >= 0.6 is 0 Å². The number of methoxy groups -OCH3 is 2. The van der Waals surface area contributed by atoms with Gasteiger partial charge in [-0.1, -0.05) is 49.7 Å². The SMILES string of the molecule is CCCCOc1ccc(C(NC(=O)c2ccccc2OC)NC(=O)c2ccccc2OC)cc1. The molecule has 0 unspecified atom stereocenters. The largest absolute Gasteiger partial charge is 0.496 e. The molecule has 0 saturated heterocycles. The van der Waals surface area contributed by atoms with Gasteiger partial charge in [0.1, 0.15) is 23.4 Å². The number of rotatable bonds is 11. The maximum Gasteiger partial charge on any atom is 0.256 e. The molecule has 7 heteroatoms. The lowest BCUT2D eigenvalue weighted by molar-refractivity contribution is 0.0880. The van der Waals surface area contributed by atoms with Gasteiger partial charge < -0.3 is 24.8 Å². The summed E-state index contributed by atoms with van der Waals surface area (Å²) in [5.74, 6) is 0.837. The summed E-state index contributed by atoms with van der Waals surface area (Å²) in [5.41, 5.74) is 1.41. The van der Waals surface area contributed by atoms with E-state index in [0.29, 0.717) is 34.8 Å². The predicted octanol–water partition coefficient (Wildman–Crippen LogP) is 4.74. The molecule has 0 aliphatic rings. The van der Waals surface area contributed by atoms with Crippen LogP contribution in [0.15, 0.2) is 72.8 Å². The third kappa shape index (κ3) is 6.28. The smallest absolute Gasteiger partial charge is 0.256 e. The third-order valence-electron chi connectivity index (χ3n) is 5.23. The van der Waals surface area contributed by atoms with E-state index in [1.54, 1.807) is 48.5 Å². The monoisotopic (exact) mass is 462 g/mol. The van der Waals surface area contributed by atoms with Crippen molar-refractivity contribution >= 4 is 11.8 Å². The number of amides is 2. The van der Waals surface area contributed by atoms with Gasteiger partial charge in [0.15, 0.2) is 0 Å². The van der Waals surface area contributed by atoms with Crippen molar-refractivity contribution in [3.8, 4) is 17.2 Å². The molecule has 34 heavy (non-hydrogen) atoms. The molecule has 0 aromatic heterocycles. The molecular weight excluding hydrogens is 432 g/mol. The Morgan fingerprint density at radius 1 is 0.765 bits per heavy atom. The topological polar surface area (TPSA) is 85.9 Å². The molecule has 0 spiro atoms. The highest BCUT2D eigenvalue weighted by atomic mass is 16.5. The molecular formula is C27H30N2O5. The summed E-state index contributed by atoms with van der Waals surface area (Å²) in [6.07, 6.45) is 1.21. The van der Waals surface area contributed by atoms with Crippen molar-refractivity contribution in [2.45, 2.75) is 25.9 Å². The van der Waals surface area contributed by atoms with E-state index in [4.69, 9.17) is 14.2 Å². The first kappa shape index (κ1) is 24.6. The molecule has 0 aliphatic heterocycles. The van der Waals surface area contributed by atoms with Crippen molar-refractivity contribution < 1.29 is 23.8 Å². The summed E-state index contributed by atoms with van der Waals surface area (Å²) in [4.78, 5) is 26.2. The minimum atomic E-state index is -0.806. The summed E-state index contributed by atoms with van der Waals surface area (Å²) in [6, 6.07) is 21.1.